The van der Waals surface area contributed by atoms with Gasteiger partial charge in [0.25, 0.3) is 0 Å². The van der Waals surface area contributed by atoms with Crippen molar-refractivity contribution in [1.29, 1.82) is 0 Å². The molecule has 0 radical (unpaired) electrons. The van der Waals surface area contributed by atoms with Gasteiger partial charge in [0.1, 0.15) is 5.50 Å². The van der Waals surface area contributed by atoms with E-state index in [1.165, 1.54) is 0 Å². The number of likely N-dealkylation sites (tertiary alicyclic amines) is 1. The van der Waals surface area contributed by atoms with E-state index in [4.69, 9.17) is 4.74 Å². The second kappa shape index (κ2) is 5.08. The fraction of sp³-hybridized carbons (Fsp3) is 0.727. The number of amides is 2. The van der Waals surface area contributed by atoms with Crippen molar-refractivity contribution >= 4 is 17.8 Å². The summed E-state index contributed by atoms with van der Waals surface area (Å²) in [7, 11) is 0. The van der Waals surface area contributed by atoms with Gasteiger partial charge in [-0.25, -0.2) is 4.79 Å². The van der Waals surface area contributed by atoms with Crippen LogP contribution in [0.4, 0.5) is 4.79 Å². The van der Waals surface area contributed by atoms with Crippen LogP contribution in [0.25, 0.3) is 0 Å². The van der Waals surface area contributed by atoms with E-state index >= 15 is 0 Å². The fourth-order valence-electron chi connectivity index (χ4n) is 2.32. The zero-order valence-electron chi connectivity index (χ0n) is 10.1. The molecule has 6 nitrogen and oxygen atoms in total. The van der Waals surface area contributed by atoms with Gasteiger partial charge < -0.3 is 14.7 Å². The lowest BCUT2D eigenvalue weighted by atomic mass is 10.2. The van der Waals surface area contributed by atoms with Gasteiger partial charge in [0, 0.05) is 32.4 Å². The van der Waals surface area contributed by atoms with Crippen molar-refractivity contribution in [3.05, 3.63) is 11.6 Å². The third-order valence-corrected chi connectivity index (χ3v) is 4.41. The molecule has 3 heterocycles. The third-order valence-electron chi connectivity index (χ3n) is 3.37. The van der Waals surface area contributed by atoms with E-state index in [1.54, 1.807) is 16.7 Å². The fourth-order valence-corrected chi connectivity index (χ4v) is 3.29. The molecule has 0 spiro atoms. The summed E-state index contributed by atoms with van der Waals surface area (Å²) in [5.74, 6) is 0. The Balaban J connectivity index is 1.62. The first-order chi connectivity index (χ1) is 8.75. The van der Waals surface area contributed by atoms with Crippen molar-refractivity contribution < 1.29 is 14.6 Å². The number of ether oxygens (including phenoxy) is 1. The Hall–Kier alpha value is -0.760. The summed E-state index contributed by atoms with van der Waals surface area (Å²) in [6, 6.07) is 0.0333. The maximum atomic E-state index is 12.4. The number of hydrogen-bond acceptors (Lipinski definition) is 5. The highest BCUT2D eigenvalue weighted by molar-refractivity contribution is 8.02. The van der Waals surface area contributed by atoms with Gasteiger partial charge in [-0.2, -0.15) is 0 Å². The first-order valence-corrected chi connectivity index (χ1v) is 7.09. The number of urea groups is 1. The lowest BCUT2D eigenvalue weighted by molar-refractivity contribution is -0.0295. The smallest absolute Gasteiger partial charge is 0.326 e. The SMILES string of the molecule is O=C(N1CCOCC1)N1C=CSC1N1CC(O)C1. The Bertz CT molecular complexity index is 353. The molecule has 0 aromatic heterocycles. The lowest BCUT2D eigenvalue weighted by Crippen LogP contribution is -2.60. The Morgan fingerprint density at radius 3 is 2.72 bits per heavy atom. The molecule has 1 N–H and O–H groups in total. The van der Waals surface area contributed by atoms with E-state index in [-0.39, 0.29) is 17.6 Å². The van der Waals surface area contributed by atoms with Crippen LogP contribution in [0.2, 0.25) is 0 Å². The zero-order valence-corrected chi connectivity index (χ0v) is 10.9. The van der Waals surface area contributed by atoms with Gasteiger partial charge >= 0.3 is 6.03 Å². The molecule has 3 rings (SSSR count). The van der Waals surface area contributed by atoms with Crippen molar-refractivity contribution in [1.82, 2.24) is 14.7 Å². The monoisotopic (exact) mass is 271 g/mol. The third kappa shape index (κ3) is 2.23. The summed E-state index contributed by atoms with van der Waals surface area (Å²) < 4.78 is 5.25. The minimum atomic E-state index is -0.244. The largest absolute Gasteiger partial charge is 0.390 e. The molecule has 0 aromatic rings. The number of nitrogens with zero attached hydrogens (tertiary/aromatic N) is 3. The standard InChI is InChI=1S/C11H17N3O3S/c15-9-7-13(8-9)11-14(3-6-18-11)10(16)12-1-4-17-5-2-12/h3,6,9,11,15H,1-2,4-5,7-8H2. The van der Waals surface area contributed by atoms with Gasteiger partial charge in [0.2, 0.25) is 0 Å². The molecule has 0 aliphatic carbocycles. The molecule has 0 saturated carbocycles. The number of β-amino-alcohol motifs (C(OH)–C–C–N with tert-alkyl or cyclic N) is 1. The number of carbonyl (C=O) groups excluding carboxylic acids is 1. The van der Waals surface area contributed by atoms with E-state index in [2.05, 4.69) is 4.90 Å². The molecule has 18 heavy (non-hydrogen) atoms. The Labute approximate surface area is 110 Å². The summed E-state index contributed by atoms with van der Waals surface area (Å²) >= 11 is 1.61. The van der Waals surface area contributed by atoms with Gasteiger partial charge in [0.05, 0.1) is 19.3 Å². The Morgan fingerprint density at radius 1 is 1.33 bits per heavy atom. The van der Waals surface area contributed by atoms with Crippen molar-refractivity contribution in [2.75, 3.05) is 39.4 Å². The van der Waals surface area contributed by atoms with Crippen molar-refractivity contribution in [3.8, 4) is 0 Å². The van der Waals surface area contributed by atoms with Gasteiger partial charge in [-0.1, -0.05) is 11.8 Å². The molecular weight excluding hydrogens is 254 g/mol. The van der Waals surface area contributed by atoms with E-state index in [0.29, 0.717) is 39.4 Å². The molecule has 0 bridgehead atoms. The summed E-state index contributed by atoms with van der Waals surface area (Å²) in [5, 5.41) is 11.3. The zero-order chi connectivity index (χ0) is 12.5. The van der Waals surface area contributed by atoms with Crippen LogP contribution in [0.1, 0.15) is 0 Å². The van der Waals surface area contributed by atoms with Crippen LogP contribution in [0.15, 0.2) is 11.6 Å². The molecule has 1 unspecified atom stereocenters. The molecule has 2 amide bonds. The molecule has 2 fully saturated rings. The van der Waals surface area contributed by atoms with E-state index < -0.39 is 0 Å². The number of aliphatic hydroxyl groups is 1. The van der Waals surface area contributed by atoms with E-state index in [0.717, 1.165) is 0 Å². The second-order valence-electron chi connectivity index (χ2n) is 4.64. The summed E-state index contributed by atoms with van der Waals surface area (Å²) in [6.45, 7) is 3.83. The second-order valence-corrected chi connectivity index (χ2v) is 5.61. The van der Waals surface area contributed by atoms with Crippen molar-refractivity contribution in [3.63, 3.8) is 0 Å². The number of thioether (sulfide) groups is 1. The van der Waals surface area contributed by atoms with Crippen LogP contribution in [0.3, 0.4) is 0 Å². The van der Waals surface area contributed by atoms with Crippen LogP contribution in [-0.4, -0.2) is 76.8 Å². The van der Waals surface area contributed by atoms with E-state index in [1.807, 2.05) is 16.5 Å². The van der Waals surface area contributed by atoms with Crippen molar-refractivity contribution in [2.45, 2.75) is 11.6 Å². The van der Waals surface area contributed by atoms with Crippen LogP contribution in [0.5, 0.6) is 0 Å². The first kappa shape index (κ1) is 12.3. The Morgan fingerprint density at radius 2 is 2.06 bits per heavy atom. The number of hydrogen-bond donors (Lipinski definition) is 1. The molecule has 1 atom stereocenters. The van der Waals surface area contributed by atoms with E-state index in [9.17, 15) is 9.90 Å². The molecule has 3 aliphatic rings. The quantitative estimate of drug-likeness (QED) is 0.723. The molecule has 100 valence electrons. The summed E-state index contributed by atoms with van der Waals surface area (Å²) in [5.41, 5.74) is 0.00347. The highest BCUT2D eigenvalue weighted by Gasteiger charge is 2.39. The predicted octanol–water partition coefficient (Wildman–Crippen LogP) is -0.0813. The van der Waals surface area contributed by atoms with Gasteiger partial charge in [-0.3, -0.25) is 9.80 Å². The van der Waals surface area contributed by atoms with Gasteiger partial charge in [0.15, 0.2) is 0 Å². The van der Waals surface area contributed by atoms with Gasteiger partial charge in [-0.05, 0) is 5.41 Å². The van der Waals surface area contributed by atoms with Crippen LogP contribution < -0.4 is 0 Å². The lowest BCUT2D eigenvalue weighted by Gasteiger charge is -2.43. The number of rotatable bonds is 1. The molecule has 3 aliphatic heterocycles. The van der Waals surface area contributed by atoms with Crippen LogP contribution in [0, 0.1) is 0 Å². The predicted molar refractivity (Wildman–Crippen MR) is 67.7 cm³/mol. The highest BCUT2D eigenvalue weighted by atomic mass is 32.2. The number of aliphatic hydroxyl groups excluding tert-OH is 1. The first-order valence-electron chi connectivity index (χ1n) is 6.15. The summed E-state index contributed by atoms with van der Waals surface area (Å²) in [4.78, 5) is 18.1. The van der Waals surface area contributed by atoms with Crippen molar-refractivity contribution in [2.24, 2.45) is 0 Å². The van der Waals surface area contributed by atoms with Crippen LogP contribution in [-0.2, 0) is 4.74 Å². The maximum absolute atomic E-state index is 12.4. The number of morpholine rings is 1. The minimum absolute atomic E-state index is 0.00347. The average molecular weight is 271 g/mol. The highest BCUT2D eigenvalue weighted by Crippen LogP contribution is 2.32. The maximum Gasteiger partial charge on any atom is 0.326 e. The molecular formula is C11H17N3O3S. The molecule has 7 heteroatoms. The number of carbonyl (C=O) groups is 1. The minimum Gasteiger partial charge on any atom is -0.390 e. The normalized spacial score (nSPS) is 29.7. The topological polar surface area (TPSA) is 56.2 Å². The summed E-state index contributed by atoms with van der Waals surface area (Å²) in [6.07, 6.45) is 1.59. The Kier molecular flexibility index (Phi) is 3.47. The molecule has 2 saturated heterocycles. The van der Waals surface area contributed by atoms with Gasteiger partial charge in [-0.15, -0.1) is 0 Å². The average Bonchev–Trinajstić information content (AvgIpc) is 2.84. The van der Waals surface area contributed by atoms with Crippen LogP contribution >= 0.6 is 11.8 Å². The molecule has 0 aromatic carbocycles.